The van der Waals surface area contributed by atoms with Crippen LogP contribution in [-0.4, -0.2) is 18.6 Å². The molecule has 0 bridgehead atoms. The van der Waals surface area contributed by atoms with Gasteiger partial charge in [-0.3, -0.25) is 9.82 Å². The molecule has 0 atom stereocenters. The van der Waals surface area contributed by atoms with Crippen molar-refractivity contribution in [3.05, 3.63) is 66.4 Å². The topological polar surface area (TPSA) is 74.8 Å². The van der Waals surface area contributed by atoms with Crippen LogP contribution < -0.4 is 4.72 Å². The van der Waals surface area contributed by atoms with Gasteiger partial charge in [0, 0.05) is 11.9 Å². The molecule has 0 unspecified atom stereocenters. The lowest BCUT2D eigenvalue weighted by molar-refractivity contribution is -0.137. The third kappa shape index (κ3) is 3.82. The maximum Gasteiger partial charge on any atom is 0.416 e. The van der Waals surface area contributed by atoms with E-state index in [1.807, 2.05) is 0 Å². The van der Waals surface area contributed by atoms with Gasteiger partial charge in [0.25, 0.3) is 10.0 Å². The molecule has 5 nitrogen and oxygen atoms in total. The van der Waals surface area contributed by atoms with Crippen LogP contribution >= 0.6 is 0 Å². The number of anilines is 1. The van der Waals surface area contributed by atoms with Gasteiger partial charge >= 0.3 is 6.18 Å². The number of hydrogen-bond donors (Lipinski definition) is 2. The molecule has 0 aliphatic heterocycles. The van der Waals surface area contributed by atoms with Crippen molar-refractivity contribution in [3.8, 4) is 11.3 Å². The molecular formula is C16H12F3N3O2S. The second-order valence-electron chi connectivity index (χ2n) is 5.18. The van der Waals surface area contributed by atoms with Crippen LogP contribution in [0.15, 0.2) is 65.7 Å². The number of H-pyrrole nitrogens is 1. The van der Waals surface area contributed by atoms with E-state index in [1.54, 1.807) is 36.5 Å². The van der Waals surface area contributed by atoms with Crippen molar-refractivity contribution in [3.63, 3.8) is 0 Å². The molecule has 1 aromatic heterocycles. The maximum atomic E-state index is 12.5. The summed E-state index contributed by atoms with van der Waals surface area (Å²) in [6.45, 7) is 0. The van der Waals surface area contributed by atoms with Gasteiger partial charge in [-0.15, -0.1) is 0 Å². The van der Waals surface area contributed by atoms with Crippen LogP contribution in [0, 0.1) is 0 Å². The molecule has 0 fully saturated rings. The maximum absolute atomic E-state index is 12.5. The van der Waals surface area contributed by atoms with Crippen LogP contribution in [-0.2, 0) is 16.2 Å². The number of aromatic amines is 1. The summed E-state index contributed by atoms with van der Waals surface area (Å²) in [5, 5.41) is 6.61. The zero-order chi connectivity index (χ0) is 18.1. The first kappa shape index (κ1) is 17.0. The van der Waals surface area contributed by atoms with Gasteiger partial charge in [-0.25, -0.2) is 8.42 Å². The molecule has 130 valence electrons. The van der Waals surface area contributed by atoms with Crippen LogP contribution in [0.5, 0.6) is 0 Å². The number of alkyl halides is 3. The van der Waals surface area contributed by atoms with Gasteiger partial charge in [-0.1, -0.05) is 12.1 Å². The molecule has 0 aliphatic rings. The average molecular weight is 367 g/mol. The first-order valence-electron chi connectivity index (χ1n) is 7.06. The van der Waals surface area contributed by atoms with Crippen LogP contribution in [0.3, 0.4) is 0 Å². The number of halogens is 3. The zero-order valence-corrected chi connectivity index (χ0v) is 13.4. The number of sulfonamides is 1. The average Bonchev–Trinajstić information content (AvgIpc) is 3.09. The van der Waals surface area contributed by atoms with Crippen molar-refractivity contribution in [1.82, 2.24) is 10.2 Å². The van der Waals surface area contributed by atoms with E-state index in [0.29, 0.717) is 5.69 Å². The first-order valence-corrected chi connectivity index (χ1v) is 8.54. The monoisotopic (exact) mass is 367 g/mol. The fraction of sp³-hybridized carbons (Fsp3) is 0.0625. The Bertz CT molecular complexity index is 949. The summed E-state index contributed by atoms with van der Waals surface area (Å²) in [4.78, 5) is -0.252. The summed E-state index contributed by atoms with van der Waals surface area (Å²) in [5.74, 6) is 0. The molecule has 0 amide bonds. The van der Waals surface area contributed by atoms with E-state index >= 15 is 0 Å². The zero-order valence-electron chi connectivity index (χ0n) is 12.6. The summed E-state index contributed by atoms with van der Waals surface area (Å²) in [6.07, 6.45) is -2.92. The Balaban J connectivity index is 1.79. The van der Waals surface area contributed by atoms with E-state index in [1.165, 1.54) is 0 Å². The highest BCUT2D eigenvalue weighted by Gasteiger charge is 2.30. The normalized spacial score (nSPS) is 12.1. The number of nitrogens with one attached hydrogen (secondary N) is 2. The minimum absolute atomic E-state index is 0.252. The summed E-state index contributed by atoms with van der Waals surface area (Å²) in [5.41, 5.74) is 0.977. The highest BCUT2D eigenvalue weighted by atomic mass is 32.2. The number of nitrogens with zero attached hydrogens (tertiary/aromatic N) is 1. The summed E-state index contributed by atoms with van der Waals surface area (Å²) in [7, 11) is -3.98. The molecular weight excluding hydrogens is 355 g/mol. The molecule has 2 aromatic carbocycles. The Morgan fingerprint density at radius 2 is 1.56 bits per heavy atom. The molecule has 0 saturated heterocycles. The predicted octanol–water partition coefficient (Wildman–Crippen LogP) is 3.90. The number of rotatable bonds is 4. The van der Waals surface area contributed by atoms with Gasteiger partial charge in [0.2, 0.25) is 0 Å². The van der Waals surface area contributed by atoms with E-state index in [-0.39, 0.29) is 4.90 Å². The molecule has 0 spiro atoms. The summed E-state index contributed by atoms with van der Waals surface area (Å²) >= 11 is 0. The Morgan fingerprint density at radius 3 is 2.08 bits per heavy atom. The lowest BCUT2D eigenvalue weighted by Gasteiger charge is -2.10. The second kappa shape index (κ2) is 6.25. The SMILES string of the molecule is O=S(=O)(Nc1ccc(-c2ccn[nH]2)cc1)c1ccc(C(F)(F)F)cc1. The molecule has 3 aromatic rings. The molecule has 3 rings (SSSR count). The Hall–Kier alpha value is -2.81. The molecule has 0 saturated carbocycles. The van der Waals surface area contributed by atoms with E-state index in [0.717, 1.165) is 35.5 Å². The lowest BCUT2D eigenvalue weighted by Crippen LogP contribution is -2.13. The molecule has 9 heteroatoms. The van der Waals surface area contributed by atoms with Gasteiger partial charge in [0.05, 0.1) is 16.2 Å². The van der Waals surface area contributed by atoms with Crippen molar-refractivity contribution in [2.24, 2.45) is 0 Å². The Morgan fingerprint density at radius 1 is 0.920 bits per heavy atom. The van der Waals surface area contributed by atoms with Crippen molar-refractivity contribution in [2.75, 3.05) is 4.72 Å². The summed E-state index contributed by atoms with van der Waals surface area (Å²) < 4.78 is 64.5. The van der Waals surface area contributed by atoms with Crippen LogP contribution in [0.2, 0.25) is 0 Å². The van der Waals surface area contributed by atoms with Crippen molar-refractivity contribution in [1.29, 1.82) is 0 Å². The fourth-order valence-electron chi connectivity index (χ4n) is 2.17. The third-order valence-corrected chi connectivity index (χ3v) is 4.84. The summed E-state index contributed by atoms with van der Waals surface area (Å²) in [6, 6.07) is 11.6. The second-order valence-corrected chi connectivity index (χ2v) is 6.86. The van der Waals surface area contributed by atoms with E-state index in [9.17, 15) is 21.6 Å². The molecule has 1 heterocycles. The number of aromatic nitrogens is 2. The highest BCUT2D eigenvalue weighted by molar-refractivity contribution is 7.92. The van der Waals surface area contributed by atoms with Gasteiger partial charge in [0.1, 0.15) is 0 Å². The number of hydrogen-bond acceptors (Lipinski definition) is 3. The first-order chi connectivity index (χ1) is 11.8. The smallest absolute Gasteiger partial charge is 0.280 e. The standard InChI is InChI=1S/C16H12F3N3O2S/c17-16(18,19)12-3-7-14(8-4-12)25(23,24)22-13-5-1-11(2-6-13)15-9-10-20-21-15/h1-10,22H,(H,20,21). The molecule has 25 heavy (non-hydrogen) atoms. The van der Waals surface area contributed by atoms with E-state index in [2.05, 4.69) is 14.9 Å². The van der Waals surface area contributed by atoms with Crippen molar-refractivity contribution < 1.29 is 21.6 Å². The predicted molar refractivity (Wildman–Crippen MR) is 86.3 cm³/mol. The largest absolute Gasteiger partial charge is 0.416 e. The molecule has 0 radical (unpaired) electrons. The van der Waals surface area contributed by atoms with Crippen LogP contribution in [0.4, 0.5) is 18.9 Å². The molecule has 0 aliphatic carbocycles. The van der Waals surface area contributed by atoms with Gasteiger partial charge in [0.15, 0.2) is 0 Å². The number of benzene rings is 2. The van der Waals surface area contributed by atoms with Crippen LogP contribution in [0.1, 0.15) is 5.56 Å². The van der Waals surface area contributed by atoms with Gasteiger partial charge in [-0.2, -0.15) is 18.3 Å². The minimum atomic E-state index is -4.52. The minimum Gasteiger partial charge on any atom is -0.280 e. The van der Waals surface area contributed by atoms with Crippen LogP contribution in [0.25, 0.3) is 11.3 Å². The Labute approximate surface area is 141 Å². The van der Waals surface area contributed by atoms with Crippen molar-refractivity contribution in [2.45, 2.75) is 11.1 Å². The highest BCUT2D eigenvalue weighted by Crippen LogP contribution is 2.30. The van der Waals surface area contributed by atoms with Crippen molar-refractivity contribution >= 4 is 15.7 Å². The Kier molecular flexibility index (Phi) is 4.25. The molecule has 2 N–H and O–H groups in total. The quantitative estimate of drug-likeness (QED) is 0.734. The third-order valence-electron chi connectivity index (χ3n) is 3.44. The lowest BCUT2D eigenvalue weighted by atomic mass is 10.1. The van der Waals surface area contributed by atoms with E-state index in [4.69, 9.17) is 0 Å². The van der Waals surface area contributed by atoms with Gasteiger partial charge < -0.3 is 0 Å². The van der Waals surface area contributed by atoms with E-state index < -0.39 is 21.8 Å². The fourth-order valence-corrected chi connectivity index (χ4v) is 3.23. The van der Waals surface area contributed by atoms with Gasteiger partial charge in [-0.05, 0) is 48.0 Å².